The molecule has 0 saturated carbocycles. The molecule has 8 heteroatoms. The topological polar surface area (TPSA) is 105 Å². The number of piperidine rings is 1. The van der Waals surface area contributed by atoms with Crippen molar-refractivity contribution in [3.63, 3.8) is 0 Å². The van der Waals surface area contributed by atoms with Gasteiger partial charge in [0.15, 0.2) is 5.78 Å². The van der Waals surface area contributed by atoms with Crippen molar-refractivity contribution in [3.8, 4) is 11.5 Å². The summed E-state index contributed by atoms with van der Waals surface area (Å²) >= 11 is 6.01. The molecule has 0 radical (unpaired) electrons. The molecule has 1 fully saturated rings. The second-order valence-corrected chi connectivity index (χ2v) is 9.06. The Kier molecular flexibility index (Phi) is 7.58. The number of nitrogens with two attached hydrogens (primary N) is 1. The number of likely N-dealkylation sites (tertiary alicyclic amines) is 1. The number of nitrogens with zero attached hydrogens (tertiary/aromatic N) is 1. The predicted molar refractivity (Wildman–Crippen MR) is 137 cm³/mol. The van der Waals surface area contributed by atoms with Gasteiger partial charge in [-0.05, 0) is 80.0 Å². The lowest BCUT2D eigenvalue weighted by atomic mass is 9.94. The Hall–Kier alpha value is -3.55. The normalized spacial score (nSPS) is 14.5. The summed E-state index contributed by atoms with van der Waals surface area (Å²) in [4.78, 5) is 28.5. The summed E-state index contributed by atoms with van der Waals surface area (Å²) in [6, 6.07) is 17.1. The summed E-state index contributed by atoms with van der Waals surface area (Å²) in [6.45, 7) is 2.19. The van der Waals surface area contributed by atoms with Crippen LogP contribution in [0.1, 0.15) is 34.3 Å². The number of ether oxygens (including phenoxy) is 1. The number of hydrogen-bond donors (Lipinski definition) is 3. The van der Waals surface area contributed by atoms with Crippen molar-refractivity contribution in [1.29, 1.82) is 0 Å². The first-order chi connectivity index (χ1) is 16.9. The van der Waals surface area contributed by atoms with Gasteiger partial charge in [-0.2, -0.15) is 0 Å². The second kappa shape index (κ2) is 10.8. The highest BCUT2D eigenvalue weighted by molar-refractivity contribution is 6.32. The largest absolute Gasteiger partial charge is 0.506 e. The number of ketones is 1. The van der Waals surface area contributed by atoms with E-state index in [9.17, 15) is 14.7 Å². The molecule has 4 N–H and O–H groups in total. The highest BCUT2D eigenvalue weighted by atomic mass is 35.5. The van der Waals surface area contributed by atoms with Gasteiger partial charge in [0.05, 0.1) is 23.5 Å². The van der Waals surface area contributed by atoms with Gasteiger partial charge >= 0.3 is 0 Å². The van der Waals surface area contributed by atoms with Gasteiger partial charge < -0.3 is 20.9 Å². The van der Waals surface area contributed by atoms with Crippen LogP contribution >= 0.6 is 11.6 Å². The van der Waals surface area contributed by atoms with E-state index in [-0.39, 0.29) is 23.4 Å². The van der Waals surface area contributed by atoms with Crippen LogP contribution in [0.4, 0.5) is 11.4 Å². The first kappa shape index (κ1) is 24.6. The maximum Gasteiger partial charge on any atom is 0.227 e. The number of phenols is 1. The Bertz CT molecular complexity index is 1220. The fourth-order valence-electron chi connectivity index (χ4n) is 4.28. The molecule has 35 heavy (non-hydrogen) atoms. The number of aromatic hydroxyl groups is 1. The summed E-state index contributed by atoms with van der Waals surface area (Å²) in [5.41, 5.74) is 8.70. The van der Waals surface area contributed by atoms with E-state index in [1.54, 1.807) is 61.7 Å². The molecule has 1 aliphatic heterocycles. The first-order valence-corrected chi connectivity index (χ1v) is 11.8. The summed E-state index contributed by atoms with van der Waals surface area (Å²) in [5, 5.41) is 12.9. The van der Waals surface area contributed by atoms with E-state index in [0.717, 1.165) is 18.7 Å². The van der Waals surface area contributed by atoms with Crippen LogP contribution in [0.2, 0.25) is 5.02 Å². The zero-order chi connectivity index (χ0) is 24.9. The van der Waals surface area contributed by atoms with Crippen molar-refractivity contribution >= 4 is 34.7 Å². The summed E-state index contributed by atoms with van der Waals surface area (Å²) in [5.74, 6) is 0.174. The van der Waals surface area contributed by atoms with Gasteiger partial charge in [-0.25, -0.2) is 0 Å². The molecule has 4 rings (SSSR count). The molecule has 0 aromatic heterocycles. The number of hydrogen-bond acceptors (Lipinski definition) is 6. The fourth-order valence-corrected chi connectivity index (χ4v) is 4.49. The zero-order valence-corrected chi connectivity index (χ0v) is 20.2. The molecule has 0 unspecified atom stereocenters. The molecule has 7 nitrogen and oxygen atoms in total. The van der Waals surface area contributed by atoms with E-state index >= 15 is 0 Å². The number of carbonyl (C=O) groups excluding carboxylic acids is 2. The first-order valence-electron chi connectivity index (χ1n) is 11.4. The van der Waals surface area contributed by atoms with Gasteiger partial charge in [-0.1, -0.05) is 23.7 Å². The highest BCUT2D eigenvalue weighted by Crippen LogP contribution is 2.29. The highest BCUT2D eigenvalue weighted by Gasteiger charge is 2.27. The van der Waals surface area contributed by atoms with Crippen LogP contribution in [0.3, 0.4) is 0 Å². The minimum Gasteiger partial charge on any atom is -0.506 e. The molecular weight excluding hydrogens is 466 g/mol. The molecule has 1 aliphatic rings. The Morgan fingerprint density at radius 3 is 2.49 bits per heavy atom. The lowest BCUT2D eigenvalue weighted by Crippen LogP contribution is -2.38. The van der Waals surface area contributed by atoms with Crippen molar-refractivity contribution in [2.45, 2.75) is 19.4 Å². The van der Waals surface area contributed by atoms with E-state index in [4.69, 9.17) is 22.1 Å². The zero-order valence-electron chi connectivity index (χ0n) is 19.5. The van der Waals surface area contributed by atoms with E-state index in [1.165, 1.54) is 0 Å². The van der Waals surface area contributed by atoms with E-state index in [0.29, 0.717) is 52.7 Å². The number of phenolic OH excluding ortho intramolecular Hbond substituents is 1. The number of halogens is 1. The average molecular weight is 494 g/mol. The lowest BCUT2D eigenvalue weighted by molar-refractivity contribution is -0.121. The van der Waals surface area contributed by atoms with Crippen molar-refractivity contribution in [1.82, 2.24) is 4.90 Å². The van der Waals surface area contributed by atoms with Crippen LogP contribution < -0.4 is 15.8 Å². The predicted octanol–water partition coefficient (Wildman–Crippen LogP) is 4.72. The summed E-state index contributed by atoms with van der Waals surface area (Å²) in [7, 11) is 1.57. The van der Waals surface area contributed by atoms with Crippen LogP contribution in [0, 0.1) is 5.92 Å². The van der Waals surface area contributed by atoms with Crippen LogP contribution in [-0.4, -0.2) is 41.9 Å². The molecule has 3 aromatic rings. The van der Waals surface area contributed by atoms with Crippen LogP contribution in [-0.2, 0) is 11.3 Å². The van der Waals surface area contributed by atoms with Crippen molar-refractivity contribution in [2.24, 2.45) is 5.92 Å². The minimum atomic E-state index is -0.224. The third-order valence-electron chi connectivity index (χ3n) is 6.32. The standard InChI is InChI=1S/C27H28ClN3O4/c1-35-20-8-6-18(7-9-20)26(33)21-3-2-4-23(29)25(21)30-27(34)19-11-13-31(14-12-19)16-17-5-10-24(32)22(28)15-17/h2-10,15,19,32H,11-14,16,29H2,1H3,(H,30,34). The molecule has 0 aliphatic carbocycles. The summed E-state index contributed by atoms with van der Waals surface area (Å²) in [6.07, 6.45) is 1.37. The third-order valence-corrected chi connectivity index (χ3v) is 6.62. The molecule has 3 aromatic carbocycles. The number of nitrogen functional groups attached to an aromatic ring is 1. The van der Waals surface area contributed by atoms with E-state index in [2.05, 4.69) is 10.2 Å². The number of rotatable bonds is 7. The number of anilines is 2. The van der Waals surface area contributed by atoms with Crippen LogP contribution in [0.15, 0.2) is 60.7 Å². The molecule has 1 saturated heterocycles. The van der Waals surface area contributed by atoms with Crippen molar-refractivity contribution < 1.29 is 19.4 Å². The quantitative estimate of drug-likeness (QED) is 0.325. The van der Waals surface area contributed by atoms with Crippen LogP contribution in [0.5, 0.6) is 11.5 Å². The van der Waals surface area contributed by atoms with Gasteiger partial charge in [0.25, 0.3) is 0 Å². The second-order valence-electron chi connectivity index (χ2n) is 8.65. The lowest BCUT2D eigenvalue weighted by Gasteiger charge is -2.31. The molecule has 0 atom stereocenters. The van der Waals surface area contributed by atoms with Gasteiger partial charge in [0, 0.05) is 23.6 Å². The van der Waals surface area contributed by atoms with E-state index in [1.807, 2.05) is 6.07 Å². The molecule has 182 valence electrons. The minimum absolute atomic E-state index is 0.0656. The molecule has 1 amide bonds. The monoisotopic (exact) mass is 493 g/mol. The Balaban J connectivity index is 1.41. The van der Waals surface area contributed by atoms with Crippen LogP contribution in [0.25, 0.3) is 0 Å². The van der Waals surface area contributed by atoms with E-state index < -0.39 is 0 Å². The smallest absolute Gasteiger partial charge is 0.227 e. The Morgan fingerprint density at radius 2 is 1.83 bits per heavy atom. The fraction of sp³-hybridized carbons (Fsp3) is 0.259. The number of methoxy groups -OCH3 is 1. The Labute approximate surface area is 209 Å². The molecule has 1 heterocycles. The maximum absolute atomic E-state index is 13.2. The molecule has 0 spiro atoms. The molecule has 0 bridgehead atoms. The SMILES string of the molecule is COc1ccc(C(=O)c2cccc(N)c2NC(=O)C2CCN(Cc3ccc(O)c(Cl)c3)CC2)cc1. The van der Waals surface area contributed by atoms with Crippen molar-refractivity contribution in [3.05, 3.63) is 82.4 Å². The van der Waals surface area contributed by atoms with Crippen molar-refractivity contribution in [2.75, 3.05) is 31.2 Å². The number of amides is 1. The average Bonchev–Trinajstić information content (AvgIpc) is 2.87. The number of nitrogens with one attached hydrogen (secondary N) is 1. The summed E-state index contributed by atoms with van der Waals surface area (Å²) < 4.78 is 5.16. The van der Waals surface area contributed by atoms with Gasteiger partial charge in [-0.3, -0.25) is 14.5 Å². The van der Waals surface area contributed by atoms with Gasteiger partial charge in [0.2, 0.25) is 5.91 Å². The number of carbonyl (C=O) groups is 2. The maximum atomic E-state index is 13.2. The van der Waals surface area contributed by atoms with Gasteiger partial charge in [0.1, 0.15) is 11.5 Å². The number of benzene rings is 3. The number of para-hydroxylation sites is 1. The third kappa shape index (κ3) is 5.75. The Morgan fingerprint density at radius 1 is 1.11 bits per heavy atom. The van der Waals surface area contributed by atoms with Gasteiger partial charge in [-0.15, -0.1) is 0 Å². The molecular formula is C27H28ClN3O4.